The molecule has 0 saturated carbocycles. The van der Waals surface area contributed by atoms with E-state index in [0.29, 0.717) is 6.42 Å². The summed E-state index contributed by atoms with van der Waals surface area (Å²) in [5.41, 5.74) is 0. The highest BCUT2D eigenvalue weighted by Crippen LogP contribution is 2.16. The van der Waals surface area contributed by atoms with Crippen LogP contribution in [-0.2, 0) is 4.79 Å². The molecule has 0 bridgehead atoms. The number of nitrogens with one attached hydrogen (secondary N) is 1. The SMILES string of the molecule is CCCCCCCCCCCCCCCCCCCCCCCCCCCC/C=C/CC/C=C/C(O)C(CO)NC(=O)CCCCCCC. The second-order valence-electron chi connectivity index (χ2n) is 15.1. The van der Waals surface area contributed by atoms with Gasteiger partial charge in [0.05, 0.1) is 18.8 Å². The Labute approximate surface area is 307 Å². The summed E-state index contributed by atoms with van der Waals surface area (Å²) in [5, 5.41) is 22.7. The van der Waals surface area contributed by atoms with Crippen LogP contribution in [0.15, 0.2) is 24.3 Å². The van der Waals surface area contributed by atoms with E-state index >= 15 is 0 Å². The summed E-state index contributed by atoms with van der Waals surface area (Å²) in [6.07, 6.45) is 53.5. The van der Waals surface area contributed by atoms with E-state index in [1.165, 1.54) is 180 Å². The maximum atomic E-state index is 12.1. The minimum Gasteiger partial charge on any atom is -0.394 e. The normalized spacial score (nSPS) is 13.1. The number of unbranched alkanes of at least 4 members (excludes halogenated alkanes) is 31. The first-order chi connectivity index (χ1) is 24.2. The van der Waals surface area contributed by atoms with Gasteiger partial charge >= 0.3 is 0 Å². The summed E-state index contributed by atoms with van der Waals surface area (Å²) < 4.78 is 0. The summed E-state index contributed by atoms with van der Waals surface area (Å²) in [5.74, 6) is -0.0861. The van der Waals surface area contributed by atoms with Gasteiger partial charge in [0.1, 0.15) is 0 Å². The van der Waals surface area contributed by atoms with Crippen molar-refractivity contribution < 1.29 is 15.0 Å². The van der Waals surface area contributed by atoms with Gasteiger partial charge in [0.2, 0.25) is 5.91 Å². The fraction of sp³-hybridized carbons (Fsp3) is 0.889. The van der Waals surface area contributed by atoms with E-state index in [1.54, 1.807) is 6.08 Å². The minimum absolute atomic E-state index is 0.0861. The van der Waals surface area contributed by atoms with Crippen LogP contribution in [0.5, 0.6) is 0 Å². The molecule has 2 atom stereocenters. The largest absolute Gasteiger partial charge is 0.394 e. The van der Waals surface area contributed by atoms with E-state index in [9.17, 15) is 15.0 Å². The molecule has 290 valence electrons. The molecule has 4 nitrogen and oxygen atoms in total. The molecule has 0 aromatic carbocycles. The van der Waals surface area contributed by atoms with E-state index in [4.69, 9.17) is 0 Å². The summed E-state index contributed by atoms with van der Waals surface area (Å²) in [6.45, 7) is 4.22. The van der Waals surface area contributed by atoms with E-state index in [-0.39, 0.29) is 12.5 Å². The van der Waals surface area contributed by atoms with Crippen LogP contribution in [0, 0.1) is 0 Å². The van der Waals surface area contributed by atoms with Gasteiger partial charge in [0.25, 0.3) is 0 Å². The van der Waals surface area contributed by atoms with Crippen molar-refractivity contribution in [1.82, 2.24) is 5.32 Å². The Bertz CT molecular complexity index is 705. The lowest BCUT2D eigenvalue weighted by Crippen LogP contribution is -2.45. The van der Waals surface area contributed by atoms with Crippen LogP contribution in [0.2, 0.25) is 0 Å². The lowest BCUT2D eigenvalue weighted by atomic mass is 10.0. The van der Waals surface area contributed by atoms with Crippen LogP contribution in [-0.4, -0.2) is 34.9 Å². The van der Waals surface area contributed by atoms with Crippen molar-refractivity contribution in [3.8, 4) is 0 Å². The summed E-state index contributed by atoms with van der Waals surface area (Å²) in [6, 6.07) is -0.631. The zero-order chi connectivity index (χ0) is 35.7. The Balaban J connectivity index is 3.39. The number of carbonyl (C=O) groups is 1. The molecule has 0 aliphatic heterocycles. The quantitative estimate of drug-likeness (QED) is 0.0443. The molecule has 0 aromatic heterocycles. The fourth-order valence-corrected chi connectivity index (χ4v) is 6.78. The molecule has 0 saturated heterocycles. The molecule has 1 amide bonds. The van der Waals surface area contributed by atoms with Crippen LogP contribution in [0.4, 0.5) is 0 Å². The first-order valence-corrected chi connectivity index (χ1v) is 22.1. The number of allylic oxidation sites excluding steroid dienone is 3. The smallest absolute Gasteiger partial charge is 0.220 e. The second kappa shape index (κ2) is 41.3. The molecule has 2 unspecified atom stereocenters. The van der Waals surface area contributed by atoms with Crippen molar-refractivity contribution in [2.24, 2.45) is 0 Å². The maximum absolute atomic E-state index is 12.1. The van der Waals surface area contributed by atoms with Gasteiger partial charge in [-0.05, 0) is 32.1 Å². The van der Waals surface area contributed by atoms with E-state index in [0.717, 1.165) is 38.5 Å². The van der Waals surface area contributed by atoms with Gasteiger partial charge in [-0.2, -0.15) is 0 Å². The predicted octanol–water partition coefficient (Wildman–Crippen LogP) is 13.6. The lowest BCUT2D eigenvalue weighted by Gasteiger charge is -2.19. The van der Waals surface area contributed by atoms with Crippen LogP contribution in [0.1, 0.15) is 239 Å². The van der Waals surface area contributed by atoms with Gasteiger partial charge in [0.15, 0.2) is 0 Å². The first kappa shape index (κ1) is 47.9. The molecular formula is C45H87NO3. The molecule has 0 fully saturated rings. The molecule has 4 heteroatoms. The van der Waals surface area contributed by atoms with Gasteiger partial charge in [-0.3, -0.25) is 4.79 Å². The minimum atomic E-state index is -0.855. The number of hydrogen-bond donors (Lipinski definition) is 3. The molecule has 0 rings (SSSR count). The molecule has 49 heavy (non-hydrogen) atoms. The molecule has 3 N–H and O–H groups in total. The number of carbonyl (C=O) groups excluding carboxylic acids is 1. The zero-order valence-corrected chi connectivity index (χ0v) is 33.2. The molecule has 0 spiro atoms. The summed E-state index contributed by atoms with van der Waals surface area (Å²) in [7, 11) is 0. The highest BCUT2D eigenvalue weighted by Gasteiger charge is 2.17. The molecule has 0 heterocycles. The average molecular weight is 690 g/mol. The van der Waals surface area contributed by atoms with Gasteiger partial charge in [-0.15, -0.1) is 0 Å². The van der Waals surface area contributed by atoms with Crippen molar-refractivity contribution in [1.29, 1.82) is 0 Å². The zero-order valence-electron chi connectivity index (χ0n) is 33.2. The summed E-state index contributed by atoms with van der Waals surface area (Å²) >= 11 is 0. The van der Waals surface area contributed by atoms with E-state index in [2.05, 4.69) is 31.3 Å². The highest BCUT2D eigenvalue weighted by atomic mass is 16.3. The van der Waals surface area contributed by atoms with Crippen LogP contribution >= 0.6 is 0 Å². The van der Waals surface area contributed by atoms with Crippen LogP contribution in [0.3, 0.4) is 0 Å². The van der Waals surface area contributed by atoms with Gasteiger partial charge in [-0.25, -0.2) is 0 Å². The Morgan fingerprint density at radius 3 is 1.18 bits per heavy atom. The first-order valence-electron chi connectivity index (χ1n) is 22.1. The number of hydrogen-bond acceptors (Lipinski definition) is 3. The molecule has 0 aromatic rings. The third-order valence-electron chi connectivity index (χ3n) is 10.2. The predicted molar refractivity (Wildman–Crippen MR) is 216 cm³/mol. The number of aliphatic hydroxyl groups excluding tert-OH is 2. The third kappa shape index (κ3) is 37.9. The van der Waals surface area contributed by atoms with Crippen molar-refractivity contribution in [2.75, 3.05) is 6.61 Å². The van der Waals surface area contributed by atoms with Crippen LogP contribution in [0.25, 0.3) is 0 Å². The van der Waals surface area contributed by atoms with Crippen molar-refractivity contribution in [2.45, 2.75) is 251 Å². The van der Waals surface area contributed by atoms with Crippen molar-refractivity contribution >= 4 is 5.91 Å². The van der Waals surface area contributed by atoms with E-state index < -0.39 is 12.1 Å². The monoisotopic (exact) mass is 690 g/mol. The highest BCUT2D eigenvalue weighted by molar-refractivity contribution is 5.76. The maximum Gasteiger partial charge on any atom is 0.220 e. The van der Waals surface area contributed by atoms with Crippen LogP contribution < -0.4 is 5.32 Å². The molecule has 0 aliphatic rings. The number of amides is 1. The van der Waals surface area contributed by atoms with Gasteiger partial charge in [0, 0.05) is 6.42 Å². The number of rotatable bonds is 40. The summed E-state index contributed by atoms with van der Waals surface area (Å²) in [4.78, 5) is 12.1. The van der Waals surface area contributed by atoms with Gasteiger partial charge < -0.3 is 15.5 Å². The molecular weight excluding hydrogens is 602 g/mol. The van der Waals surface area contributed by atoms with E-state index in [1.807, 2.05) is 6.08 Å². The lowest BCUT2D eigenvalue weighted by molar-refractivity contribution is -0.123. The Kier molecular flexibility index (Phi) is 40.3. The second-order valence-corrected chi connectivity index (χ2v) is 15.1. The standard InChI is InChI=1S/C45H87NO3/c1-3-5-7-9-10-11-12-13-14-15-16-17-18-19-20-21-22-23-24-25-26-27-28-29-30-31-32-33-34-35-37-38-40-44(48)43(42-47)46-45(49)41-39-36-8-6-4-2/h33-34,38,40,43-44,47-48H,3-32,35-37,39,41-42H2,1-2H3,(H,46,49)/b34-33+,40-38+. The topological polar surface area (TPSA) is 69.6 Å². The van der Waals surface area contributed by atoms with Crippen molar-refractivity contribution in [3.05, 3.63) is 24.3 Å². The van der Waals surface area contributed by atoms with Crippen molar-refractivity contribution in [3.63, 3.8) is 0 Å². The van der Waals surface area contributed by atoms with Gasteiger partial charge in [-0.1, -0.05) is 224 Å². The molecule has 0 radical (unpaired) electrons. The molecule has 0 aliphatic carbocycles. The fourth-order valence-electron chi connectivity index (χ4n) is 6.78. The Hall–Kier alpha value is -1.13. The third-order valence-corrected chi connectivity index (χ3v) is 10.2. The number of aliphatic hydroxyl groups is 2. The Morgan fingerprint density at radius 2 is 0.796 bits per heavy atom. The Morgan fingerprint density at radius 1 is 0.469 bits per heavy atom. The average Bonchev–Trinajstić information content (AvgIpc) is 3.10.